The van der Waals surface area contributed by atoms with E-state index in [2.05, 4.69) is 25.2 Å². The van der Waals surface area contributed by atoms with E-state index in [9.17, 15) is 4.39 Å². The van der Waals surface area contributed by atoms with E-state index in [-0.39, 0.29) is 10.8 Å². The van der Waals surface area contributed by atoms with Crippen molar-refractivity contribution in [2.75, 3.05) is 7.11 Å². The van der Waals surface area contributed by atoms with Crippen LogP contribution in [0.5, 0.6) is 5.75 Å². The van der Waals surface area contributed by atoms with Crippen LogP contribution in [0.15, 0.2) is 30.4 Å². The molecule has 2 aliphatic carbocycles. The van der Waals surface area contributed by atoms with Gasteiger partial charge in [-0.25, -0.2) is 4.39 Å². The molecule has 27 heavy (non-hydrogen) atoms. The van der Waals surface area contributed by atoms with Crippen molar-refractivity contribution in [2.45, 2.75) is 64.7 Å². The van der Waals surface area contributed by atoms with Crippen molar-refractivity contribution in [1.82, 2.24) is 0 Å². The molecule has 0 N–H and O–H groups in total. The maximum absolute atomic E-state index is 14.6. The van der Waals surface area contributed by atoms with Crippen LogP contribution in [0.2, 0.25) is 5.02 Å². The zero-order chi connectivity index (χ0) is 19.2. The van der Waals surface area contributed by atoms with E-state index < -0.39 is 0 Å². The molecule has 148 valence electrons. The van der Waals surface area contributed by atoms with Crippen molar-refractivity contribution < 1.29 is 9.13 Å². The maximum Gasteiger partial charge on any atom is 0.153 e. The van der Waals surface area contributed by atoms with Gasteiger partial charge in [0.1, 0.15) is 10.8 Å². The summed E-state index contributed by atoms with van der Waals surface area (Å²) in [4.78, 5) is 0. The Morgan fingerprint density at radius 2 is 1.93 bits per heavy atom. The standard InChI is InChI=1S/C24H32ClFO/c1-3-4-5-6-17-7-9-18(10-8-17)19-11-13-20(14-12-19)21-15-16-22(27-2)23(25)24(21)26/h5-6,13,15-19H,3-4,7-12,14H2,1-2H3. The molecule has 0 saturated heterocycles. The summed E-state index contributed by atoms with van der Waals surface area (Å²) in [6.07, 6.45) is 18.1. The van der Waals surface area contributed by atoms with Crippen LogP contribution in [0.1, 0.15) is 70.3 Å². The van der Waals surface area contributed by atoms with E-state index in [0.29, 0.717) is 11.3 Å². The molecule has 1 nitrogen and oxygen atoms in total. The molecular weight excluding hydrogens is 359 g/mol. The van der Waals surface area contributed by atoms with Crippen molar-refractivity contribution >= 4 is 17.2 Å². The molecule has 0 aliphatic heterocycles. The number of allylic oxidation sites excluding steroid dienone is 4. The predicted octanol–water partition coefficient (Wildman–Crippen LogP) is 7.83. The largest absolute Gasteiger partial charge is 0.495 e. The van der Waals surface area contributed by atoms with Gasteiger partial charge in [0.2, 0.25) is 0 Å². The number of hydrogen-bond donors (Lipinski definition) is 0. The maximum atomic E-state index is 14.6. The van der Waals surface area contributed by atoms with Crippen molar-refractivity contribution in [1.29, 1.82) is 0 Å². The van der Waals surface area contributed by atoms with Gasteiger partial charge in [-0.15, -0.1) is 0 Å². The van der Waals surface area contributed by atoms with Crippen LogP contribution in [-0.2, 0) is 0 Å². The number of ether oxygens (including phenoxy) is 1. The fourth-order valence-electron chi connectivity index (χ4n) is 4.73. The molecule has 1 atom stereocenters. The zero-order valence-electron chi connectivity index (χ0n) is 16.6. The highest BCUT2D eigenvalue weighted by Crippen LogP contribution is 2.42. The van der Waals surface area contributed by atoms with E-state index in [1.165, 1.54) is 45.6 Å². The fraction of sp³-hybridized carbons (Fsp3) is 0.583. The summed E-state index contributed by atoms with van der Waals surface area (Å²) in [5.74, 6) is 2.43. The summed E-state index contributed by atoms with van der Waals surface area (Å²) in [6, 6.07) is 3.57. The van der Waals surface area contributed by atoms with E-state index in [4.69, 9.17) is 16.3 Å². The molecule has 0 bridgehead atoms. The third-order valence-electron chi connectivity index (χ3n) is 6.41. The van der Waals surface area contributed by atoms with Crippen LogP contribution in [-0.4, -0.2) is 7.11 Å². The number of methoxy groups -OCH3 is 1. The molecule has 1 aromatic rings. The minimum atomic E-state index is -0.347. The lowest BCUT2D eigenvalue weighted by Gasteiger charge is -2.35. The highest BCUT2D eigenvalue weighted by Gasteiger charge is 2.28. The van der Waals surface area contributed by atoms with Gasteiger partial charge in [-0.3, -0.25) is 0 Å². The van der Waals surface area contributed by atoms with Gasteiger partial charge < -0.3 is 4.74 Å². The average Bonchev–Trinajstić information content (AvgIpc) is 2.71. The van der Waals surface area contributed by atoms with E-state index in [1.54, 1.807) is 12.1 Å². The van der Waals surface area contributed by atoms with E-state index in [1.807, 2.05) is 0 Å². The minimum Gasteiger partial charge on any atom is -0.495 e. The molecule has 0 heterocycles. The molecule has 0 amide bonds. The highest BCUT2D eigenvalue weighted by atomic mass is 35.5. The van der Waals surface area contributed by atoms with Gasteiger partial charge in [0.05, 0.1) is 7.11 Å². The summed E-state index contributed by atoms with van der Waals surface area (Å²) in [5, 5.41) is 0.0903. The van der Waals surface area contributed by atoms with Gasteiger partial charge in [-0.05, 0) is 86.8 Å². The monoisotopic (exact) mass is 390 g/mol. The Morgan fingerprint density at radius 3 is 2.56 bits per heavy atom. The Morgan fingerprint density at radius 1 is 1.15 bits per heavy atom. The number of unbranched alkanes of at least 4 members (excludes halogenated alkanes) is 1. The normalized spacial score (nSPS) is 26.2. The fourth-order valence-corrected chi connectivity index (χ4v) is 4.97. The molecule has 1 unspecified atom stereocenters. The first kappa shape index (κ1) is 20.5. The Kier molecular flexibility index (Phi) is 7.41. The lowest BCUT2D eigenvalue weighted by molar-refractivity contribution is 0.212. The summed E-state index contributed by atoms with van der Waals surface area (Å²) in [7, 11) is 1.51. The summed E-state index contributed by atoms with van der Waals surface area (Å²) in [5.41, 5.74) is 1.74. The van der Waals surface area contributed by atoms with E-state index >= 15 is 0 Å². The Balaban J connectivity index is 1.57. The zero-order valence-corrected chi connectivity index (χ0v) is 17.4. The third-order valence-corrected chi connectivity index (χ3v) is 6.76. The van der Waals surface area contributed by atoms with E-state index in [0.717, 1.165) is 42.6 Å². The first-order valence-electron chi connectivity index (χ1n) is 10.5. The SMILES string of the molecule is CCCC=CC1CCC(C2CC=C(c3ccc(OC)c(Cl)c3F)CC2)CC1. The van der Waals surface area contributed by atoms with Gasteiger partial charge in [-0.2, -0.15) is 0 Å². The van der Waals surface area contributed by atoms with Crippen molar-refractivity contribution in [3.05, 3.63) is 46.8 Å². The van der Waals surface area contributed by atoms with Crippen LogP contribution >= 0.6 is 11.6 Å². The van der Waals surface area contributed by atoms with Crippen LogP contribution in [0, 0.1) is 23.6 Å². The molecule has 0 radical (unpaired) electrons. The quantitative estimate of drug-likeness (QED) is 0.449. The first-order valence-corrected chi connectivity index (χ1v) is 10.9. The topological polar surface area (TPSA) is 9.23 Å². The molecule has 3 rings (SSSR count). The molecule has 3 heteroatoms. The van der Waals surface area contributed by atoms with Crippen molar-refractivity contribution in [3.63, 3.8) is 0 Å². The lowest BCUT2D eigenvalue weighted by atomic mass is 9.71. The molecule has 1 fully saturated rings. The number of halogens is 2. The first-order chi connectivity index (χ1) is 13.1. The second-order valence-electron chi connectivity index (χ2n) is 8.10. The molecule has 0 aromatic heterocycles. The second-order valence-corrected chi connectivity index (χ2v) is 8.48. The molecule has 0 spiro atoms. The minimum absolute atomic E-state index is 0.0903. The summed E-state index contributed by atoms with van der Waals surface area (Å²) >= 11 is 6.09. The Hall–Kier alpha value is -1.28. The molecular formula is C24H32ClFO. The van der Waals surface area contributed by atoms with Crippen LogP contribution in [0.3, 0.4) is 0 Å². The van der Waals surface area contributed by atoms with Gasteiger partial charge in [0.25, 0.3) is 0 Å². The number of benzene rings is 1. The number of hydrogen-bond acceptors (Lipinski definition) is 1. The van der Waals surface area contributed by atoms with Crippen molar-refractivity contribution in [2.24, 2.45) is 17.8 Å². The summed E-state index contributed by atoms with van der Waals surface area (Å²) in [6.45, 7) is 2.23. The Bertz CT molecular complexity index is 686. The molecule has 2 aliphatic rings. The molecule has 1 saturated carbocycles. The van der Waals surface area contributed by atoms with Gasteiger partial charge in [0.15, 0.2) is 5.82 Å². The summed E-state index contributed by atoms with van der Waals surface area (Å²) < 4.78 is 19.7. The van der Waals surface area contributed by atoms with Crippen molar-refractivity contribution in [3.8, 4) is 5.75 Å². The van der Waals surface area contributed by atoms with Crippen LogP contribution in [0.4, 0.5) is 4.39 Å². The number of rotatable bonds is 6. The lowest BCUT2D eigenvalue weighted by Crippen LogP contribution is -2.22. The third kappa shape index (κ3) is 4.96. The van der Waals surface area contributed by atoms with Gasteiger partial charge >= 0.3 is 0 Å². The van der Waals surface area contributed by atoms with Gasteiger partial charge in [-0.1, -0.05) is 43.2 Å². The van der Waals surface area contributed by atoms with Crippen LogP contribution in [0.25, 0.3) is 5.57 Å². The molecule has 1 aromatic carbocycles. The smallest absolute Gasteiger partial charge is 0.153 e. The average molecular weight is 391 g/mol. The van der Waals surface area contributed by atoms with Crippen LogP contribution < -0.4 is 4.74 Å². The predicted molar refractivity (Wildman–Crippen MR) is 113 cm³/mol. The highest BCUT2D eigenvalue weighted by molar-refractivity contribution is 6.32. The second kappa shape index (κ2) is 9.78. The Labute approximate surface area is 168 Å². The van der Waals surface area contributed by atoms with Gasteiger partial charge in [0, 0.05) is 5.56 Å².